The summed E-state index contributed by atoms with van der Waals surface area (Å²) >= 11 is 1.51. The predicted octanol–water partition coefficient (Wildman–Crippen LogP) is 1.82. The first kappa shape index (κ1) is 7.10. The minimum absolute atomic E-state index is 0.480. The zero-order valence-corrected chi connectivity index (χ0v) is 6.44. The number of nitrogens with zero attached hydrogens (tertiary/aromatic N) is 1. The Labute approximate surface area is 63.7 Å². The summed E-state index contributed by atoms with van der Waals surface area (Å²) in [7, 11) is 1.63. The zero-order valence-electron chi connectivity index (χ0n) is 5.63. The van der Waals surface area contributed by atoms with Crippen LogP contribution in [0.1, 0.15) is 4.88 Å². The molecule has 0 spiro atoms. The molecule has 0 atom stereocenters. The van der Waals surface area contributed by atoms with E-state index in [1.54, 1.807) is 7.11 Å². The van der Waals surface area contributed by atoms with Gasteiger partial charge < -0.3 is 4.74 Å². The molecule has 0 aliphatic carbocycles. The molecule has 0 radical (unpaired) electrons. The Morgan fingerprint density at radius 3 is 3.00 bits per heavy atom. The highest BCUT2D eigenvalue weighted by molar-refractivity contribution is 7.13. The van der Waals surface area contributed by atoms with Gasteiger partial charge in [-0.1, -0.05) is 0 Å². The fourth-order valence-corrected chi connectivity index (χ4v) is 1.39. The molecule has 1 heterocycles. The predicted molar refractivity (Wildman–Crippen MR) is 40.2 cm³/mol. The molecule has 0 aromatic carbocycles. The van der Waals surface area contributed by atoms with Gasteiger partial charge in [0.1, 0.15) is 0 Å². The van der Waals surface area contributed by atoms with Crippen LogP contribution in [0.4, 0.5) is 0 Å². The SMILES string of the molecule is COc1ccc(CC#N)s1. The monoisotopic (exact) mass is 153 g/mol. The van der Waals surface area contributed by atoms with E-state index in [1.165, 1.54) is 11.3 Å². The maximum absolute atomic E-state index is 8.32. The molecule has 0 amide bonds. The summed E-state index contributed by atoms with van der Waals surface area (Å²) in [5, 5.41) is 9.18. The molecule has 0 N–H and O–H groups in total. The van der Waals surface area contributed by atoms with Crippen LogP contribution >= 0.6 is 11.3 Å². The lowest BCUT2D eigenvalue weighted by atomic mass is 10.4. The van der Waals surface area contributed by atoms with Crippen molar-refractivity contribution in [3.63, 3.8) is 0 Å². The van der Waals surface area contributed by atoms with Crippen molar-refractivity contribution in [1.29, 1.82) is 5.26 Å². The molecule has 3 heteroatoms. The summed E-state index contributed by atoms with van der Waals surface area (Å²) < 4.78 is 4.95. The highest BCUT2D eigenvalue weighted by Gasteiger charge is 1.96. The second-order valence-electron chi connectivity index (χ2n) is 1.76. The fraction of sp³-hybridized carbons (Fsp3) is 0.286. The molecule has 0 saturated carbocycles. The van der Waals surface area contributed by atoms with Gasteiger partial charge in [0, 0.05) is 4.88 Å². The molecular weight excluding hydrogens is 146 g/mol. The molecule has 52 valence electrons. The first-order valence-corrected chi connectivity index (χ1v) is 3.68. The van der Waals surface area contributed by atoms with Gasteiger partial charge in [-0.2, -0.15) is 5.26 Å². The van der Waals surface area contributed by atoms with Crippen molar-refractivity contribution in [3.05, 3.63) is 17.0 Å². The number of thiophene rings is 1. The van der Waals surface area contributed by atoms with Gasteiger partial charge in [0.25, 0.3) is 0 Å². The van der Waals surface area contributed by atoms with Crippen molar-refractivity contribution in [2.24, 2.45) is 0 Å². The van der Waals surface area contributed by atoms with Gasteiger partial charge in [0.2, 0.25) is 0 Å². The number of nitriles is 1. The maximum Gasteiger partial charge on any atom is 0.173 e. The van der Waals surface area contributed by atoms with Gasteiger partial charge in [-0.25, -0.2) is 0 Å². The summed E-state index contributed by atoms with van der Waals surface area (Å²) in [5.74, 6) is 0. The standard InChI is InChI=1S/C7H7NOS/c1-9-7-3-2-6(10-7)4-5-8/h2-3H,4H2,1H3. The Balaban J connectivity index is 2.70. The zero-order chi connectivity index (χ0) is 7.40. The highest BCUT2D eigenvalue weighted by atomic mass is 32.1. The summed E-state index contributed by atoms with van der Waals surface area (Å²) in [6.07, 6.45) is 0.480. The van der Waals surface area contributed by atoms with Gasteiger partial charge >= 0.3 is 0 Å². The molecule has 0 fully saturated rings. The summed E-state index contributed by atoms with van der Waals surface area (Å²) in [6, 6.07) is 5.86. The van der Waals surface area contributed by atoms with Gasteiger partial charge in [-0.15, -0.1) is 11.3 Å². The van der Waals surface area contributed by atoms with Crippen LogP contribution in [0.2, 0.25) is 0 Å². The molecule has 2 nitrogen and oxygen atoms in total. The van der Waals surface area contributed by atoms with E-state index in [4.69, 9.17) is 10.00 Å². The van der Waals surface area contributed by atoms with E-state index in [-0.39, 0.29) is 0 Å². The molecule has 0 bridgehead atoms. The third-order valence-corrected chi connectivity index (χ3v) is 2.14. The lowest BCUT2D eigenvalue weighted by Gasteiger charge is -1.88. The van der Waals surface area contributed by atoms with E-state index >= 15 is 0 Å². The normalized spacial score (nSPS) is 8.80. The Hall–Kier alpha value is -1.01. The van der Waals surface area contributed by atoms with Crippen molar-refractivity contribution >= 4 is 11.3 Å². The number of hydrogen-bond acceptors (Lipinski definition) is 3. The smallest absolute Gasteiger partial charge is 0.173 e. The second kappa shape index (κ2) is 3.23. The highest BCUT2D eigenvalue weighted by Crippen LogP contribution is 2.23. The Bertz CT molecular complexity index is 248. The minimum atomic E-state index is 0.480. The summed E-state index contributed by atoms with van der Waals surface area (Å²) in [6.45, 7) is 0. The molecule has 0 aliphatic heterocycles. The maximum atomic E-state index is 8.32. The number of rotatable bonds is 2. The Morgan fingerprint density at radius 2 is 2.50 bits per heavy atom. The minimum Gasteiger partial charge on any atom is -0.487 e. The molecule has 1 rings (SSSR count). The van der Waals surface area contributed by atoms with Gasteiger partial charge in [-0.3, -0.25) is 0 Å². The van der Waals surface area contributed by atoms with E-state index < -0.39 is 0 Å². The molecule has 1 aromatic rings. The second-order valence-corrected chi connectivity index (χ2v) is 2.89. The fourth-order valence-electron chi connectivity index (χ4n) is 0.641. The van der Waals surface area contributed by atoms with E-state index in [9.17, 15) is 0 Å². The number of hydrogen-bond donors (Lipinski definition) is 0. The quantitative estimate of drug-likeness (QED) is 0.649. The lowest BCUT2D eigenvalue weighted by molar-refractivity contribution is 0.427. The van der Waals surface area contributed by atoms with Gasteiger partial charge in [0.05, 0.1) is 19.6 Å². The van der Waals surface area contributed by atoms with E-state index in [0.717, 1.165) is 9.94 Å². The van der Waals surface area contributed by atoms with Crippen LogP contribution < -0.4 is 4.74 Å². The van der Waals surface area contributed by atoms with Crippen molar-refractivity contribution in [3.8, 4) is 11.1 Å². The molecule has 1 aromatic heterocycles. The Kier molecular flexibility index (Phi) is 2.30. The van der Waals surface area contributed by atoms with Crippen LogP contribution in [-0.2, 0) is 6.42 Å². The molecular formula is C7H7NOS. The third-order valence-electron chi connectivity index (χ3n) is 1.09. The Morgan fingerprint density at radius 1 is 1.70 bits per heavy atom. The molecule has 0 unspecified atom stereocenters. The van der Waals surface area contributed by atoms with Crippen LogP contribution in [0, 0.1) is 11.3 Å². The average Bonchev–Trinajstić information content (AvgIpc) is 2.37. The summed E-state index contributed by atoms with van der Waals surface area (Å²) in [5.41, 5.74) is 0. The van der Waals surface area contributed by atoms with E-state index in [1.807, 2.05) is 12.1 Å². The van der Waals surface area contributed by atoms with E-state index in [0.29, 0.717) is 6.42 Å². The van der Waals surface area contributed by atoms with Crippen molar-refractivity contribution in [2.45, 2.75) is 6.42 Å². The summed E-state index contributed by atoms with van der Waals surface area (Å²) in [4.78, 5) is 1.05. The first-order valence-electron chi connectivity index (χ1n) is 2.86. The third kappa shape index (κ3) is 1.49. The topological polar surface area (TPSA) is 33.0 Å². The van der Waals surface area contributed by atoms with Crippen molar-refractivity contribution < 1.29 is 4.74 Å². The largest absolute Gasteiger partial charge is 0.487 e. The average molecular weight is 153 g/mol. The van der Waals surface area contributed by atoms with Crippen LogP contribution in [-0.4, -0.2) is 7.11 Å². The first-order chi connectivity index (χ1) is 4.86. The number of ether oxygens (including phenoxy) is 1. The van der Waals surface area contributed by atoms with Gasteiger partial charge in [-0.05, 0) is 12.1 Å². The van der Waals surface area contributed by atoms with Crippen molar-refractivity contribution in [1.82, 2.24) is 0 Å². The van der Waals surface area contributed by atoms with Crippen LogP contribution in [0.15, 0.2) is 12.1 Å². The van der Waals surface area contributed by atoms with Crippen LogP contribution in [0.5, 0.6) is 5.06 Å². The van der Waals surface area contributed by atoms with Crippen molar-refractivity contribution in [2.75, 3.05) is 7.11 Å². The number of methoxy groups -OCH3 is 1. The molecule has 0 aliphatic rings. The van der Waals surface area contributed by atoms with Gasteiger partial charge in [0.15, 0.2) is 5.06 Å². The lowest BCUT2D eigenvalue weighted by Crippen LogP contribution is -1.73. The van der Waals surface area contributed by atoms with E-state index in [2.05, 4.69) is 6.07 Å². The van der Waals surface area contributed by atoms with Crippen LogP contribution in [0.25, 0.3) is 0 Å². The van der Waals surface area contributed by atoms with Crippen LogP contribution in [0.3, 0.4) is 0 Å². The molecule has 0 saturated heterocycles. The molecule has 10 heavy (non-hydrogen) atoms.